The van der Waals surface area contributed by atoms with Crippen LogP contribution in [0.2, 0.25) is 0 Å². The van der Waals surface area contributed by atoms with Crippen LogP contribution in [0.5, 0.6) is 0 Å². The summed E-state index contributed by atoms with van der Waals surface area (Å²) < 4.78 is 0. The molecule has 104 valence electrons. The maximum absolute atomic E-state index is 12.5. The second-order valence-corrected chi connectivity index (χ2v) is 5.30. The first kappa shape index (κ1) is 14.4. The number of benzene rings is 1. The quantitative estimate of drug-likeness (QED) is 0.684. The SMILES string of the molecule is O=C(C1CCNCC1)N1CCc2ccccc2C1.[Cl-]. The maximum Gasteiger partial charge on any atom is 0.226 e. The average Bonchev–Trinajstić information content (AvgIpc) is 2.47. The molecule has 0 bridgehead atoms. The fraction of sp³-hybridized carbons (Fsp3) is 0.533. The van der Waals surface area contributed by atoms with E-state index in [9.17, 15) is 4.79 Å². The van der Waals surface area contributed by atoms with Crippen molar-refractivity contribution < 1.29 is 17.2 Å². The molecule has 3 nitrogen and oxygen atoms in total. The van der Waals surface area contributed by atoms with E-state index in [2.05, 4.69) is 34.5 Å². The molecule has 2 aliphatic rings. The van der Waals surface area contributed by atoms with Gasteiger partial charge in [0, 0.05) is 19.0 Å². The molecule has 0 atom stereocenters. The van der Waals surface area contributed by atoms with Crippen LogP contribution in [0.3, 0.4) is 0 Å². The molecule has 2 heterocycles. The number of carbonyl (C=O) groups is 1. The molecule has 1 N–H and O–H groups in total. The summed E-state index contributed by atoms with van der Waals surface area (Å²) >= 11 is 0. The Morgan fingerprint density at radius 2 is 1.84 bits per heavy atom. The van der Waals surface area contributed by atoms with E-state index in [-0.39, 0.29) is 18.3 Å². The number of nitrogens with zero attached hydrogens (tertiary/aromatic N) is 1. The molecule has 0 aromatic heterocycles. The Kier molecular flexibility index (Phi) is 4.83. The zero-order valence-electron chi connectivity index (χ0n) is 11.1. The number of carbonyl (C=O) groups excluding carboxylic acids is 1. The van der Waals surface area contributed by atoms with Gasteiger partial charge < -0.3 is 22.6 Å². The fourth-order valence-corrected chi connectivity index (χ4v) is 3.01. The molecule has 2 aliphatic heterocycles. The summed E-state index contributed by atoms with van der Waals surface area (Å²) in [5.41, 5.74) is 2.73. The summed E-state index contributed by atoms with van der Waals surface area (Å²) in [4.78, 5) is 14.5. The summed E-state index contributed by atoms with van der Waals surface area (Å²) in [6, 6.07) is 8.49. The summed E-state index contributed by atoms with van der Waals surface area (Å²) in [6.45, 7) is 3.67. The standard InChI is InChI=1S/C15H20N2O.ClH/c18-15(13-5-8-16-9-6-13)17-10-7-12-3-1-2-4-14(12)11-17;/h1-4,13,16H,5-11H2;1H/p-1. The van der Waals surface area contributed by atoms with Crippen molar-refractivity contribution in [3.8, 4) is 0 Å². The molecule has 0 radical (unpaired) electrons. The number of rotatable bonds is 1. The van der Waals surface area contributed by atoms with E-state index >= 15 is 0 Å². The topological polar surface area (TPSA) is 32.3 Å². The van der Waals surface area contributed by atoms with Crippen LogP contribution < -0.4 is 17.7 Å². The Labute approximate surface area is 120 Å². The van der Waals surface area contributed by atoms with Crippen LogP contribution in [0.15, 0.2) is 24.3 Å². The number of fused-ring (bicyclic) bond motifs is 1. The van der Waals surface area contributed by atoms with Crippen molar-refractivity contribution in [3.63, 3.8) is 0 Å². The Bertz CT molecular complexity index is 444. The molecule has 19 heavy (non-hydrogen) atoms. The molecule has 4 heteroatoms. The molecule has 1 aromatic rings. The van der Waals surface area contributed by atoms with Crippen molar-refractivity contribution in [2.45, 2.75) is 25.8 Å². The van der Waals surface area contributed by atoms with E-state index in [1.807, 2.05) is 0 Å². The van der Waals surface area contributed by atoms with Crippen molar-refractivity contribution in [1.29, 1.82) is 0 Å². The molecule has 0 saturated carbocycles. The highest BCUT2D eigenvalue weighted by atomic mass is 35.5. The summed E-state index contributed by atoms with van der Waals surface area (Å²) in [7, 11) is 0. The third kappa shape index (κ3) is 3.10. The fourth-order valence-electron chi connectivity index (χ4n) is 3.01. The van der Waals surface area contributed by atoms with Gasteiger partial charge in [-0.05, 0) is 43.5 Å². The summed E-state index contributed by atoms with van der Waals surface area (Å²) in [5, 5.41) is 3.32. The Hall–Kier alpha value is -1.06. The zero-order chi connectivity index (χ0) is 12.4. The van der Waals surface area contributed by atoms with Gasteiger partial charge in [-0.15, -0.1) is 0 Å². The van der Waals surface area contributed by atoms with E-state index in [4.69, 9.17) is 0 Å². The normalized spacial score (nSPS) is 19.5. The van der Waals surface area contributed by atoms with Crippen LogP contribution in [-0.2, 0) is 17.8 Å². The monoisotopic (exact) mass is 279 g/mol. The van der Waals surface area contributed by atoms with Crippen LogP contribution >= 0.6 is 0 Å². The highest BCUT2D eigenvalue weighted by molar-refractivity contribution is 5.79. The third-order valence-corrected chi connectivity index (χ3v) is 4.13. The lowest BCUT2D eigenvalue weighted by molar-refractivity contribution is -0.137. The minimum absolute atomic E-state index is 0. The predicted octanol–water partition coefficient (Wildman–Crippen LogP) is -1.43. The van der Waals surface area contributed by atoms with Gasteiger partial charge in [-0.1, -0.05) is 24.3 Å². The maximum atomic E-state index is 12.5. The van der Waals surface area contributed by atoms with Gasteiger partial charge in [0.25, 0.3) is 0 Å². The van der Waals surface area contributed by atoms with Crippen molar-refractivity contribution >= 4 is 5.91 Å². The Morgan fingerprint density at radius 3 is 2.58 bits per heavy atom. The molecule has 1 amide bonds. The number of nitrogens with one attached hydrogen (secondary N) is 1. The molecule has 0 aliphatic carbocycles. The molecule has 3 rings (SSSR count). The van der Waals surface area contributed by atoms with Crippen LogP contribution in [0, 0.1) is 5.92 Å². The van der Waals surface area contributed by atoms with Gasteiger partial charge in [-0.25, -0.2) is 0 Å². The number of hydrogen-bond donors (Lipinski definition) is 1. The van der Waals surface area contributed by atoms with Gasteiger partial charge >= 0.3 is 0 Å². The van der Waals surface area contributed by atoms with Crippen LogP contribution in [0.1, 0.15) is 24.0 Å². The van der Waals surface area contributed by atoms with E-state index < -0.39 is 0 Å². The molecule has 1 saturated heterocycles. The highest BCUT2D eigenvalue weighted by Gasteiger charge is 2.27. The molecule has 1 fully saturated rings. The van der Waals surface area contributed by atoms with Gasteiger partial charge in [0.15, 0.2) is 0 Å². The smallest absolute Gasteiger partial charge is 0.226 e. The summed E-state index contributed by atoms with van der Waals surface area (Å²) in [5.74, 6) is 0.613. The minimum atomic E-state index is 0. The van der Waals surface area contributed by atoms with Crippen molar-refractivity contribution in [2.24, 2.45) is 5.92 Å². The second-order valence-electron chi connectivity index (χ2n) is 5.30. The third-order valence-electron chi connectivity index (χ3n) is 4.13. The average molecular weight is 280 g/mol. The van der Waals surface area contributed by atoms with E-state index in [1.54, 1.807) is 0 Å². The van der Waals surface area contributed by atoms with E-state index in [0.717, 1.165) is 45.4 Å². The van der Waals surface area contributed by atoms with Gasteiger partial charge in [-0.2, -0.15) is 0 Å². The van der Waals surface area contributed by atoms with Gasteiger partial charge in [0.05, 0.1) is 0 Å². The van der Waals surface area contributed by atoms with Crippen LogP contribution in [-0.4, -0.2) is 30.4 Å². The number of piperidine rings is 1. The zero-order valence-corrected chi connectivity index (χ0v) is 11.8. The molecular weight excluding hydrogens is 260 g/mol. The lowest BCUT2D eigenvalue weighted by Gasteiger charge is -2.33. The molecular formula is C15H20ClN2O-. The lowest BCUT2D eigenvalue weighted by atomic mass is 9.94. The van der Waals surface area contributed by atoms with Gasteiger partial charge in [-0.3, -0.25) is 4.79 Å². The van der Waals surface area contributed by atoms with E-state index in [1.165, 1.54) is 11.1 Å². The first-order valence-electron chi connectivity index (χ1n) is 6.91. The Morgan fingerprint density at radius 1 is 1.16 bits per heavy atom. The largest absolute Gasteiger partial charge is 1.00 e. The minimum Gasteiger partial charge on any atom is -1.00 e. The van der Waals surface area contributed by atoms with Crippen LogP contribution in [0.4, 0.5) is 0 Å². The Balaban J connectivity index is 0.00000133. The van der Waals surface area contributed by atoms with Gasteiger partial charge in [0.2, 0.25) is 5.91 Å². The number of hydrogen-bond acceptors (Lipinski definition) is 2. The van der Waals surface area contributed by atoms with Gasteiger partial charge in [0.1, 0.15) is 0 Å². The number of halogens is 1. The molecule has 0 spiro atoms. The molecule has 1 aromatic carbocycles. The first-order valence-corrected chi connectivity index (χ1v) is 6.91. The first-order chi connectivity index (χ1) is 8.84. The molecule has 0 unspecified atom stereocenters. The van der Waals surface area contributed by atoms with Crippen molar-refractivity contribution in [3.05, 3.63) is 35.4 Å². The van der Waals surface area contributed by atoms with Crippen LogP contribution in [0.25, 0.3) is 0 Å². The lowest BCUT2D eigenvalue weighted by Crippen LogP contribution is -3.00. The van der Waals surface area contributed by atoms with E-state index in [0.29, 0.717) is 5.91 Å². The number of amides is 1. The van der Waals surface area contributed by atoms with Crippen molar-refractivity contribution in [1.82, 2.24) is 10.2 Å². The predicted molar refractivity (Wildman–Crippen MR) is 71.2 cm³/mol. The highest BCUT2D eigenvalue weighted by Crippen LogP contribution is 2.22. The summed E-state index contributed by atoms with van der Waals surface area (Å²) in [6.07, 6.45) is 3.00. The second kappa shape index (κ2) is 6.40. The van der Waals surface area contributed by atoms with Crippen molar-refractivity contribution in [2.75, 3.05) is 19.6 Å².